The Hall–Kier alpha value is -0.820. The van der Waals surface area contributed by atoms with E-state index >= 15 is 0 Å². The lowest BCUT2D eigenvalue weighted by atomic mass is 9.65. The molecule has 0 saturated heterocycles. The molecule has 1 aromatic carbocycles. The second kappa shape index (κ2) is 3.01. The fourth-order valence-corrected chi connectivity index (χ4v) is 6.44. The van der Waals surface area contributed by atoms with Crippen LogP contribution < -0.4 is 0 Å². The average molecular weight is 240 g/mol. The van der Waals surface area contributed by atoms with Crippen LogP contribution in [0, 0.1) is 17.8 Å². The van der Waals surface area contributed by atoms with Gasteiger partial charge in [-0.2, -0.15) is 0 Å². The van der Waals surface area contributed by atoms with Gasteiger partial charge in [0.15, 0.2) is 0 Å². The molecule has 0 aliphatic heterocycles. The molecule has 0 spiro atoms. The number of hydrogen-bond donors (Lipinski definition) is 0. The summed E-state index contributed by atoms with van der Waals surface area (Å²) < 4.78 is 6.25. The number of ether oxygens (including phenoxy) is 1. The lowest BCUT2D eigenvalue weighted by Crippen LogP contribution is -2.48. The first-order chi connectivity index (χ1) is 8.86. The maximum absolute atomic E-state index is 6.25. The Labute approximate surface area is 109 Å². The van der Waals surface area contributed by atoms with Gasteiger partial charge in [0.25, 0.3) is 0 Å². The Balaban J connectivity index is 1.75. The molecule has 4 bridgehead atoms. The van der Waals surface area contributed by atoms with Crippen LogP contribution >= 0.6 is 0 Å². The Morgan fingerprint density at radius 2 is 1.94 bits per heavy atom. The van der Waals surface area contributed by atoms with E-state index in [1.807, 2.05) is 7.11 Å². The zero-order valence-electron chi connectivity index (χ0n) is 10.9. The lowest BCUT2D eigenvalue weighted by molar-refractivity contribution is -0.0949. The van der Waals surface area contributed by atoms with Crippen LogP contribution in [0.5, 0.6) is 0 Å². The number of benzene rings is 1. The molecule has 0 radical (unpaired) electrons. The Morgan fingerprint density at radius 1 is 1.11 bits per heavy atom. The number of rotatable bonds is 1. The highest BCUT2D eigenvalue weighted by molar-refractivity contribution is 5.48. The molecule has 1 nitrogen and oxygen atoms in total. The summed E-state index contributed by atoms with van der Waals surface area (Å²) in [5.74, 6) is 4.14. The van der Waals surface area contributed by atoms with E-state index in [-0.39, 0.29) is 5.60 Å². The van der Waals surface area contributed by atoms with Crippen LogP contribution in [0.3, 0.4) is 0 Å². The fourth-order valence-electron chi connectivity index (χ4n) is 6.44. The van der Waals surface area contributed by atoms with Gasteiger partial charge in [0.2, 0.25) is 0 Å². The van der Waals surface area contributed by atoms with Crippen molar-refractivity contribution >= 4 is 0 Å². The van der Waals surface area contributed by atoms with Gasteiger partial charge < -0.3 is 4.74 Å². The first-order valence-electron chi connectivity index (χ1n) is 7.50. The first kappa shape index (κ1) is 10.0. The molecule has 6 atom stereocenters. The topological polar surface area (TPSA) is 9.23 Å². The van der Waals surface area contributed by atoms with Crippen molar-refractivity contribution in [2.45, 2.75) is 43.1 Å². The van der Waals surface area contributed by atoms with Crippen LogP contribution in [-0.4, -0.2) is 12.7 Å². The fraction of sp³-hybridized carbons (Fsp3) is 0.647. The molecule has 4 aliphatic rings. The van der Waals surface area contributed by atoms with Gasteiger partial charge in [-0.25, -0.2) is 0 Å². The van der Waals surface area contributed by atoms with Gasteiger partial charge in [0.1, 0.15) is 0 Å². The van der Waals surface area contributed by atoms with E-state index in [9.17, 15) is 0 Å². The van der Waals surface area contributed by atoms with Crippen molar-refractivity contribution in [3.63, 3.8) is 0 Å². The minimum Gasteiger partial charge on any atom is -0.377 e. The van der Waals surface area contributed by atoms with Gasteiger partial charge in [-0.3, -0.25) is 0 Å². The highest BCUT2D eigenvalue weighted by Crippen LogP contribution is 2.74. The van der Waals surface area contributed by atoms with E-state index < -0.39 is 0 Å². The average Bonchev–Trinajstić information content (AvgIpc) is 3.15. The molecule has 0 unspecified atom stereocenters. The van der Waals surface area contributed by atoms with Gasteiger partial charge in [-0.05, 0) is 60.5 Å². The van der Waals surface area contributed by atoms with Crippen LogP contribution in [0.15, 0.2) is 24.3 Å². The summed E-state index contributed by atoms with van der Waals surface area (Å²) in [7, 11) is 1.98. The summed E-state index contributed by atoms with van der Waals surface area (Å²) in [6.07, 6.45) is 5.69. The lowest BCUT2D eigenvalue weighted by Gasteiger charge is -2.46. The van der Waals surface area contributed by atoms with E-state index in [4.69, 9.17) is 4.74 Å². The largest absolute Gasteiger partial charge is 0.377 e. The zero-order valence-corrected chi connectivity index (χ0v) is 10.9. The molecule has 18 heavy (non-hydrogen) atoms. The van der Waals surface area contributed by atoms with Crippen molar-refractivity contribution in [1.29, 1.82) is 0 Å². The molecule has 94 valence electrons. The highest BCUT2D eigenvalue weighted by atomic mass is 16.5. The first-order valence-corrected chi connectivity index (χ1v) is 7.50. The number of fused-ring (bicyclic) bond motifs is 12. The molecule has 4 aliphatic carbocycles. The van der Waals surface area contributed by atoms with Crippen molar-refractivity contribution in [3.05, 3.63) is 35.4 Å². The second-order valence-corrected chi connectivity index (χ2v) is 6.88. The normalized spacial score (nSPS) is 50.6. The summed E-state index contributed by atoms with van der Waals surface area (Å²) in [6.45, 7) is 0. The molecule has 3 fully saturated rings. The predicted octanol–water partition coefficient (Wildman–Crippen LogP) is 3.70. The molecule has 1 aromatic rings. The Bertz CT molecular complexity index is 522. The third-order valence-corrected chi connectivity index (χ3v) is 6.73. The third kappa shape index (κ3) is 0.843. The molecular weight excluding hydrogens is 220 g/mol. The summed E-state index contributed by atoms with van der Waals surface area (Å²) in [5, 5.41) is 0. The van der Waals surface area contributed by atoms with E-state index in [0.29, 0.717) is 5.92 Å². The molecule has 1 heteroatoms. The predicted molar refractivity (Wildman–Crippen MR) is 70.6 cm³/mol. The van der Waals surface area contributed by atoms with Crippen LogP contribution in [0.4, 0.5) is 0 Å². The standard InChI is InChI=1S/C17H20O/c1-18-17-11-7-6-10(8-11)16(17)14-9-15(17)13-5-3-2-4-12(13)14/h2-5,10-11,14-16H,6-9H2,1H3/t10-,11+,14+,15+,16+,17-/m0/s1. The molecule has 0 N–H and O–H groups in total. The van der Waals surface area contributed by atoms with Gasteiger partial charge in [0, 0.05) is 13.0 Å². The van der Waals surface area contributed by atoms with Crippen molar-refractivity contribution in [3.8, 4) is 0 Å². The minimum atomic E-state index is 0.224. The molecule has 3 saturated carbocycles. The van der Waals surface area contributed by atoms with Crippen LogP contribution in [0.25, 0.3) is 0 Å². The molecule has 0 aromatic heterocycles. The van der Waals surface area contributed by atoms with Gasteiger partial charge in [0.05, 0.1) is 5.60 Å². The van der Waals surface area contributed by atoms with E-state index in [1.165, 1.54) is 25.7 Å². The number of hydrogen-bond acceptors (Lipinski definition) is 1. The zero-order chi connectivity index (χ0) is 11.9. The van der Waals surface area contributed by atoms with Crippen LogP contribution in [0.2, 0.25) is 0 Å². The molecule has 0 heterocycles. The summed E-state index contributed by atoms with van der Waals surface area (Å²) >= 11 is 0. The maximum Gasteiger partial charge on any atom is 0.0811 e. The van der Waals surface area contributed by atoms with E-state index in [0.717, 1.165) is 23.7 Å². The quantitative estimate of drug-likeness (QED) is 0.680. The van der Waals surface area contributed by atoms with Crippen LogP contribution in [-0.2, 0) is 4.74 Å². The summed E-state index contributed by atoms with van der Waals surface area (Å²) in [4.78, 5) is 0. The monoisotopic (exact) mass is 240 g/mol. The van der Waals surface area contributed by atoms with Gasteiger partial charge in [-0.1, -0.05) is 24.3 Å². The second-order valence-electron chi connectivity index (χ2n) is 6.88. The van der Waals surface area contributed by atoms with Gasteiger partial charge in [-0.15, -0.1) is 0 Å². The van der Waals surface area contributed by atoms with Crippen molar-refractivity contribution in [2.75, 3.05) is 7.11 Å². The van der Waals surface area contributed by atoms with Crippen molar-refractivity contribution in [2.24, 2.45) is 17.8 Å². The van der Waals surface area contributed by atoms with Crippen molar-refractivity contribution < 1.29 is 4.74 Å². The van der Waals surface area contributed by atoms with Crippen LogP contribution in [0.1, 0.15) is 48.6 Å². The summed E-state index contributed by atoms with van der Waals surface area (Å²) in [6, 6.07) is 9.18. The third-order valence-electron chi connectivity index (χ3n) is 6.73. The Morgan fingerprint density at radius 3 is 2.78 bits per heavy atom. The maximum atomic E-state index is 6.25. The minimum absolute atomic E-state index is 0.224. The molecule has 0 amide bonds. The summed E-state index contributed by atoms with van der Waals surface area (Å²) in [5.41, 5.74) is 3.50. The van der Waals surface area contributed by atoms with E-state index in [1.54, 1.807) is 11.1 Å². The highest BCUT2D eigenvalue weighted by Gasteiger charge is 2.70. The smallest absolute Gasteiger partial charge is 0.0811 e. The molecule has 5 rings (SSSR count). The number of methoxy groups -OCH3 is 1. The van der Waals surface area contributed by atoms with Gasteiger partial charge >= 0.3 is 0 Å². The van der Waals surface area contributed by atoms with Crippen molar-refractivity contribution in [1.82, 2.24) is 0 Å². The Kier molecular flexibility index (Phi) is 1.68. The molecular formula is C17H20O. The van der Waals surface area contributed by atoms with E-state index in [2.05, 4.69) is 24.3 Å². The SMILES string of the molecule is CO[C@]12[C@@H]3CC[C@@H](C3)[C@@H]1[C@@H]1C[C@@H]2c2ccccc21.